The average Bonchev–Trinajstić information content (AvgIpc) is 3.16. The van der Waals surface area contributed by atoms with E-state index in [1.165, 1.54) is 11.1 Å². The second-order valence-corrected chi connectivity index (χ2v) is 6.13. The summed E-state index contributed by atoms with van der Waals surface area (Å²) < 4.78 is 0. The molecular weight excluding hydrogens is 328 g/mol. The van der Waals surface area contributed by atoms with Crippen LogP contribution in [0.3, 0.4) is 0 Å². The Morgan fingerprint density at radius 2 is 2.08 bits per heavy atom. The van der Waals surface area contributed by atoms with Crippen molar-refractivity contribution >= 4 is 17.7 Å². The van der Waals surface area contributed by atoms with Crippen molar-refractivity contribution in [1.82, 2.24) is 25.7 Å². The SMILES string of the molecule is CCNCCc1c(C)[nH]c(/C=C2/C(=O)NN=C2c2cnccn2)c1CC. The van der Waals surface area contributed by atoms with Crippen molar-refractivity contribution in [2.24, 2.45) is 5.10 Å². The topological polar surface area (TPSA) is 95.1 Å². The summed E-state index contributed by atoms with van der Waals surface area (Å²) in [5, 5.41) is 7.50. The predicted molar refractivity (Wildman–Crippen MR) is 102 cm³/mol. The first kappa shape index (κ1) is 18.0. The van der Waals surface area contributed by atoms with Crippen molar-refractivity contribution < 1.29 is 4.79 Å². The third kappa shape index (κ3) is 3.57. The molecule has 1 aliphatic rings. The fourth-order valence-corrected chi connectivity index (χ4v) is 3.23. The molecule has 0 bridgehead atoms. The summed E-state index contributed by atoms with van der Waals surface area (Å²) in [5.41, 5.74) is 8.78. The highest BCUT2D eigenvalue weighted by Gasteiger charge is 2.26. The second-order valence-electron chi connectivity index (χ2n) is 6.13. The Kier molecular flexibility index (Phi) is 5.58. The van der Waals surface area contributed by atoms with Crippen molar-refractivity contribution in [2.75, 3.05) is 13.1 Å². The Bertz CT molecular complexity index is 850. The van der Waals surface area contributed by atoms with Gasteiger partial charge in [0.05, 0.1) is 11.8 Å². The molecule has 0 saturated carbocycles. The van der Waals surface area contributed by atoms with Gasteiger partial charge in [-0.2, -0.15) is 5.10 Å². The molecule has 0 fully saturated rings. The Labute approximate surface area is 153 Å². The molecule has 26 heavy (non-hydrogen) atoms. The summed E-state index contributed by atoms with van der Waals surface area (Å²) in [6.07, 6.45) is 8.52. The molecule has 2 aromatic heterocycles. The van der Waals surface area contributed by atoms with Gasteiger partial charge in [-0.1, -0.05) is 13.8 Å². The number of likely N-dealkylation sites (N-methyl/N-ethyl adjacent to an activating group) is 1. The smallest absolute Gasteiger partial charge is 0.273 e. The number of hydrazone groups is 1. The molecule has 0 atom stereocenters. The van der Waals surface area contributed by atoms with Gasteiger partial charge in [-0.05, 0) is 50.1 Å². The normalized spacial score (nSPS) is 15.4. The highest BCUT2D eigenvalue weighted by atomic mass is 16.2. The van der Waals surface area contributed by atoms with Crippen LogP contribution in [0.4, 0.5) is 0 Å². The van der Waals surface area contributed by atoms with E-state index >= 15 is 0 Å². The molecule has 7 nitrogen and oxygen atoms in total. The summed E-state index contributed by atoms with van der Waals surface area (Å²) in [4.78, 5) is 24.1. The van der Waals surface area contributed by atoms with Gasteiger partial charge in [0.25, 0.3) is 5.91 Å². The summed E-state index contributed by atoms with van der Waals surface area (Å²) >= 11 is 0. The lowest BCUT2D eigenvalue weighted by Crippen LogP contribution is -2.16. The molecule has 136 valence electrons. The lowest BCUT2D eigenvalue weighted by Gasteiger charge is -2.06. The van der Waals surface area contributed by atoms with Crippen molar-refractivity contribution in [3.05, 3.63) is 52.4 Å². The number of carbonyl (C=O) groups is 1. The van der Waals surface area contributed by atoms with Crippen LogP contribution in [0.15, 0.2) is 29.3 Å². The van der Waals surface area contributed by atoms with Gasteiger partial charge in [-0.3, -0.25) is 14.8 Å². The standard InChI is InChI=1S/C19H24N6O/c1-4-13-14(6-7-20-5-2)12(3)23-16(13)10-15-18(24-25-19(15)26)17-11-21-8-9-22-17/h8-11,20,23H,4-7H2,1-3H3,(H,25,26)/b15-10+. The lowest BCUT2D eigenvalue weighted by atomic mass is 10.0. The number of hydrogen-bond acceptors (Lipinski definition) is 5. The zero-order valence-electron chi connectivity index (χ0n) is 15.4. The van der Waals surface area contributed by atoms with E-state index in [2.05, 4.69) is 51.6 Å². The van der Waals surface area contributed by atoms with E-state index in [1.54, 1.807) is 18.6 Å². The van der Waals surface area contributed by atoms with Gasteiger partial charge in [0.2, 0.25) is 0 Å². The number of hydrogen-bond donors (Lipinski definition) is 3. The van der Waals surface area contributed by atoms with Gasteiger partial charge in [-0.15, -0.1) is 0 Å². The molecule has 0 radical (unpaired) electrons. The van der Waals surface area contributed by atoms with Gasteiger partial charge in [0.15, 0.2) is 0 Å². The van der Waals surface area contributed by atoms with Crippen LogP contribution in [0.25, 0.3) is 6.08 Å². The first-order valence-corrected chi connectivity index (χ1v) is 8.93. The minimum Gasteiger partial charge on any atom is -0.359 e. The van der Waals surface area contributed by atoms with Gasteiger partial charge >= 0.3 is 0 Å². The number of aromatic nitrogens is 3. The molecule has 0 unspecified atom stereocenters. The number of rotatable bonds is 7. The Hall–Kier alpha value is -2.80. The number of amides is 1. The molecule has 0 aromatic carbocycles. The van der Waals surface area contributed by atoms with Gasteiger partial charge in [0, 0.05) is 23.8 Å². The molecule has 7 heteroatoms. The minimum atomic E-state index is -0.228. The van der Waals surface area contributed by atoms with Crippen LogP contribution >= 0.6 is 0 Å². The molecule has 0 spiro atoms. The largest absolute Gasteiger partial charge is 0.359 e. The van der Waals surface area contributed by atoms with E-state index in [-0.39, 0.29) is 5.91 Å². The second kappa shape index (κ2) is 8.05. The average molecular weight is 352 g/mol. The summed E-state index contributed by atoms with van der Waals surface area (Å²) in [6.45, 7) is 8.21. The number of H-pyrrole nitrogens is 1. The van der Waals surface area contributed by atoms with Crippen LogP contribution < -0.4 is 10.7 Å². The molecule has 3 N–H and O–H groups in total. The predicted octanol–water partition coefficient (Wildman–Crippen LogP) is 1.75. The van der Waals surface area contributed by atoms with Gasteiger partial charge in [0.1, 0.15) is 11.4 Å². The number of nitrogens with zero attached hydrogens (tertiary/aromatic N) is 3. The number of carbonyl (C=O) groups excluding carboxylic acids is 1. The van der Waals surface area contributed by atoms with Crippen LogP contribution in [0.2, 0.25) is 0 Å². The maximum absolute atomic E-state index is 12.3. The Morgan fingerprint density at radius 3 is 2.77 bits per heavy atom. The quantitative estimate of drug-likeness (QED) is 0.522. The van der Waals surface area contributed by atoms with Gasteiger partial charge < -0.3 is 10.3 Å². The summed E-state index contributed by atoms with van der Waals surface area (Å²) in [5.74, 6) is -0.228. The molecule has 1 aliphatic heterocycles. The van der Waals surface area contributed by atoms with Crippen molar-refractivity contribution in [3.8, 4) is 0 Å². The molecule has 3 heterocycles. The molecule has 1 amide bonds. The Morgan fingerprint density at radius 1 is 1.23 bits per heavy atom. The highest BCUT2D eigenvalue weighted by molar-refractivity contribution is 6.32. The third-order valence-corrected chi connectivity index (χ3v) is 4.48. The Balaban J connectivity index is 1.97. The third-order valence-electron chi connectivity index (χ3n) is 4.48. The maximum Gasteiger partial charge on any atom is 0.273 e. The summed E-state index contributed by atoms with van der Waals surface area (Å²) in [6, 6.07) is 0. The molecule has 2 aromatic rings. The van der Waals surface area contributed by atoms with Crippen LogP contribution in [0.1, 0.15) is 42.1 Å². The van der Waals surface area contributed by atoms with E-state index < -0.39 is 0 Å². The van der Waals surface area contributed by atoms with E-state index in [4.69, 9.17) is 0 Å². The van der Waals surface area contributed by atoms with Gasteiger partial charge in [-0.25, -0.2) is 5.43 Å². The zero-order chi connectivity index (χ0) is 18.5. The van der Waals surface area contributed by atoms with Crippen molar-refractivity contribution in [1.29, 1.82) is 0 Å². The van der Waals surface area contributed by atoms with Crippen LogP contribution in [-0.2, 0) is 17.6 Å². The van der Waals surface area contributed by atoms with Crippen molar-refractivity contribution in [2.45, 2.75) is 33.6 Å². The number of nitrogens with one attached hydrogen (secondary N) is 3. The summed E-state index contributed by atoms with van der Waals surface area (Å²) in [7, 11) is 0. The maximum atomic E-state index is 12.3. The fraction of sp³-hybridized carbons (Fsp3) is 0.368. The highest BCUT2D eigenvalue weighted by Crippen LogP contribution is 2.24. The van der Waals surface area contributed by atoms with Crippen LogP contribution in [0, 0.1) is 6.92 Å². The molecular formula is C19H24N6O. The lowest BCUT2D eigenvalue weighted by molar-refractivity contribution is -0.116. The van der Waals surface area contributed by atoms with E-state index in [0.29, 0.717) is 17.0 Å². The van der Waals surface area contributed by atoms with Crippen LogP contribution in [0.5, 0.6) is 0 Å². The van der Waals surface area contributed by atoms with Crippen LogP contribution in [-0.4, -0.2) is 39.7 Å². The monoisotopic (exact) mass is 352 g/mol. The molecule has 0 saturated heterocycles. The number of aromatic amines is 1. The van der Waals surface area contributed by atoms with E-state index in [9.17, 15) is 4.79 Å². The first-order valence-electron chi connectivity index (χ1n) is 8.93. The molecule has 3 rings (SSSR count). The number of aryl methyl sites for hydroxylation is 1. The fourth-order valence-electron chi connectivity index (χ4n) is 3.23. The minimum absolute atomic E-state index is 0.228. The first-order chi connectivity index (χ1) is 12.7. The van der Waals surface area contributed by atoms with Crippen molar-refractivity contribution in [3.63, 3.8) is 0 Å². The van der Waals surface area contributed by atoms with E-state index in [0.717, 1.165) is 37.3 Å². The zero-order valence-corrected chi connectivity index (χ0v) is 15.4. The van der Waals surface area contributed by atoms with E-state index in [1.807, 2.05) is 6.08 Å². The molecule has 0 aliphatic carbocycles.